The summed E-state index contributed by atoms with van der Waals surface area (Å²) in [5.41, 5.74) is 10.2. The fraction of sp³-hybridized carbons (Fsp3) is 0.371. The average molecular weight is 627 g/mol. The molecule has 0 spiro atoms. The number of hydrogen-bond donors (Lipinski definition) is 6. The topological polar surface area (TPSA) is 170 Å². The zero-order valence-electron chi connectivity index (χ0n) is 26.4. The van der Waals surface area contributed by atoms with Gasteiger partial charge in [0.25, 0.3) is 5.91 Å². The first-order valence-corrected chi connectivity index (χ1v) is 15.4. The normalized spacial score (nSPS) is 11.2. The number of rotatable bonds is 14. The highest BCUT2D eigenvalue weighted by molar-refractivity contribution is 5.94. The van der Waals surface area contributed by atoms with Gasteiger partial charge in [-0.1, -0.05) is 50.0 Å². The second-order valence-electron chi connectivity index (χ2n) is 10.7. The van der Waals surface area contributed by atoms with E-state index < -0.39 is 12.0 Å². The Morgan fingerprint density at radius 2 is 1.61 bits per heavy atom. The first-order chi connectivity index (χ1) is 22.2. The van der Waals surface area contributed by atoms with Crippen LogP contribution in [0.15, 0.2) is 48.7 Å². The predicted molar refractivity (Wildman–Crippen MR) is 178 cm³/mol. The van der Waals surface area contributed by atoms with Crippen LogP contribution in [0.2, 0.25) is 0 Å². The van der Waals surface area contributed by atoms with Gasteiger partial charge < -0.3 is 26.4 Å². The first kappa shape index (κ1) is 35.5. The van der Waals surface area contributed by atoms with Crippen LogP contribution in [0, 0.1) is 23.7 Å². The molecule has 2 aromatic carbocycles. The van der Waals surface area contributed by atoms with Crippen molar-refractivity contribution in [3.63, 3.8) is 0 Å². The van der Waals surface area contributed by atoms with Crippen LogP contribution < -0.4 is 21.8 Å². The quantitative estimate of drug-likeness (QED) is 0.0687. The molecular formula is C35H42N6O5. The number of carbonyl (C=O) groups excluding carboxylic acids is 3. The van der Waals surface area contributed by atoms with Crippen molar-refractivity contribution in [2.45, 2.75) is 52.1 Å². The summed E-state index contributed by atoms with van der Waals surface area (Å²) in [4.78, 5) is 42.0. The lowest BCUT2D eigenvalue weighted by Gasteiger charge is -2.22. The Kier molecular flexibility index (Phi) is 14.5. The summed E-state index contributed by atoms with van der Waals surface area (Å²) < 4.78 is 0. The van der Waals surface area contributed by atoms with E-state index in [9.17, 15) is 19.5 Å². The van der Waals surface area contributed by atoms with E-state index in [0.29, 0.717) is 48.9 Å². The molecule has 1 heterocycles. The number of aliphatic hydroxyl groups excluding tert-OH is 1. The molecule has 0 aliphatic rings. The molecule has 0 bridgehead atoms. The molecule has 1 unspecified atom stereocenters. The number of fused-ring (bicyclic) bond motifs is 1. The molecule has 0 saturated heterocycles. The molecule has 0 fully saturated rings. The summed E-state index contributed by atoms with van der Waals surface area (Å²) >= 11 is 0. The standard InChI is InChI=1S/C35H42N6O5/c1-3-41(4-2)24-29(42)23-39-35(45)27-16-12-25(13-17-27)15-19-30-31-21-26(14-18-28(31)22-38-34(30)36)9-8-20-37-32(43)10-6-5-7-11-33(44)40-46/h12-14,16-18,21-22,29,42,46H,3-7,10-11,20,23-24H2,1-2H3,(H2,36,38)(H,37,43)(H,39,45)(H,40,44). The summed E-state index contributed by atoms with van der Waals surface area (Å²) in [5.74, 6) is 11.7. The van der Waals surface area contributed by atoms with Gasteiger partial charge in [0.2, 0.25) is 11.8 Å². The first-order valence-electron chi connectivity index (χ1n) is 15.4. The van der Waals surface area contributed by atoms with Crippen LogP contribution in [0.3, 0.4) is 0 Å². The summed E-state index contributed by atoms with van der Waals surface area (Å²) in [6, 6.07) is 12.5. The number of aliphatic hydroxyl groups is 1. The lowest BCUT2D eigenvalue weighted by Crippen LogP contribution is -2.40. The maximum absolute atomic E-state index is 12.6. The Bertz CT molecular complexity index is 1610. The van der Waals surface area contributed by atoms with Gasteiger partial charge in [-0.3, -0.25) is 19.6 Å². The van der Waals surface area contributed by atoms with Crippen molar-refractivity contribution in [3.8, 4) is 23.7 Å². The van der Waals surface area contributed by atoms with E-state index in [-0.39, 0.29) is 37.1 Å². The number of anilines is 1. The fourth-order valence-electron chi connectivity index (χ4n) is 4.61. The van der Waals surface area contributed by atoms with E-state index in [0.717, 1.165) is 29.4 Å². The molecule has 0 radical (unpaired) electrons. The van der Waals surface area contributed by atoms with Gasteiger partial charge in [-0.2, -0.15) is 0 Å². The number of amides is 3. The van der Waals surface area contributed by atoms with Crippen molar-refractivity contribution in [1.82, 2.24) is 26.0 Å². The van der Waals surface area contributed by atoms with Gasteiger partial charge in [-0.25, -0.2) is 10.5 Å². The van der Waals surface area contributed by atoms with E-state index in [2.05, 4.69) is 44.2 Å². The van der Waals surface area contributed by atoms with Crippen molar-refractivity contribution in [2.75, 3.05) is 38.5 Å². The largest absolute Gasteiger partial charge is 0.390 e. The average Bonchev–Trinajstić information content (AvgIpc) is 3.07. The van der Waals surface area contributed by atoms with Crippen molar-refractivity contribution < 1.29 is 24.7 Å². The second kappa shape index (κ2) is 18.8. The summed E-state index contributed by atoms with van der Waals surface area (Å²) in [6.07, 6.45) is 3.54. The number of hydrogen-bond acceptors (Lipinski definition) is 8. The number of nitrogen functional groups attached to an aromatic ring is 1. The Morgan fingerprint density at radius 1 is 0.913 bits per heavy atom. The Morgan fingerprint density at radius 3 is 2.30 bits per heavy atom. The molecule has 11 nitrogen and oxygen atoms in total. The highest BCUT2D eigenvalue weighted by atomic mass is 16.5. The Balaban J connectivity index is 1.59. The summed E-state index contributed by atoms with van der Waals surface area (Å²) in [7, 11) is 0. The van der Waals surface area contributed by atoms with Crippen LogP contribution in [0.25, 0.3) is 10.8 Å². The van der Waals surface area contributed by atoms with Gasteiger partial charge in [0.05, 0.1) is 18.2 Å². The number of likely N-dealkylation sites (N-methyl/N-ethyl adjacent to an activating group) is 1. The van der Waals surface area contributed by atoms with Gasteiger partial charge in [0.1, 0.15) is 5.82 Å². The Labute approximate surface area is 269 Å². The number of benzene rings is 2. The third kappa shape index (κ3) is 11.5. The predicted octanol–water partition coefficient (Wildman–Crippen LogP) is 2.57. The zero-order valence-corrected chi connectivity index (χ0v) is 26.4. The molecule has 46 heavy (non-hydrogen) atoms. The van der Waals surface area contributed by atoms with Crippen LogP contribution in [-0.4, -0.2) is 76.7 Å². The van der Waals surface area contributed by atoms with Crippen LogP contribution in [-0.2, 0) is 9.59 Å². The zero-order chi connectivity index (χ0) is 33.3. The third-order valence-corrected chi connectivity index (χ3v) is 7.30. The van der Waals surface area contributed by atoms with Gasteiger partial charge in [-0.05, 0) is 62.3 Å². The molecule has 7 N–H and O–H groups in total. The minimum Gasteiger partial charge on any atom is -0.390 e. The van der Waals surface area contributed by atoms with Gasteiger partial charge in [0, 0.05) is 59.6 Å². The minimum absolute atomic E-state index is 0.117. The number of hydroxylamine groups is 1. The Hall–Kier alpha value is -4.94. The molecule has 0 saturated carbocycles. The minimum atomic E-state index is -0.649. The number of nitrogens with zero attached hydrogens (tertiary/aromatic N) is 2. The SMILES string of the molecule is CCN(CC)CC(O)CNC(=O)c1ccc(C#Cc2c(N)ncc3ccc(C#CCNC(=O)CCCCCC(=O)NO)cc23)cc1. The van der Waals surface area contributed by atoms with Gasteiger partial charge >= 0.3 is 0 Å². The van der Waals surface area contributed by atoms with Crippen LogP contribution >= 0.6 is 0 Å². The van der Waals surface area contributed by atoms with E-state index >= 15 is 0 Å². The lowest BCUT2D eigenvalue weighted by atomic mass is 10.0. The highest BCUT2D eigenvalue weighted by Gasteiger charge is 2.12. The second-order valence-corrected chi connectivity index (χ2v) is 10.7. The maximum atomic E-state index is 12.6. The molecule has 11 heteroatoms. The number of carbonyl (C=O) groups is 3. The molecule has 0 aliphatic heterocycles. The van der Waals surface area contributed by atoms with E-state index in [1.165, 1.54) is 0 Å². The van der Waals surface area contributed by atoms with Gasteiger partial charge in [-0.15, -0.1) is 0 Å². The van der Waals surface area contributed by atoms with E-state index in [4.69, 9.17) is 10.9 Å². The van der Waals surface area contributed by atoms with Gasteiger partial charge in [0.15, 0.2) is 0 Å². The maximum Gasteiger partial charge on any atom is 0.251 e. The molecule has 242 valence electrons. The molecule has 3 amide bonds. The smallest absolute Gasteiger partial charge is 0.251 e. The molecular weight excluding hydrogens is 584 g/mol. The van der Waals surface area contributed by atoms with Crippen molar-refractivity contribution in [3.05, 3.63) is 70.9 Å². The van der Waals surface area contributed by atoms with Crippen LogP contribution in [0.5, 0.6) is 0 Å². The van der Waals surface area contributed by atoms with Crippen LogP contribution in [0.1, 0.15) is 73.0 Å². The number of aromatic nitrogens is 1. The third-order valence-electron chi connectivity index (χ3n) is 7.30. The van der Waals surface area contributed by atoms with Crippen LogP contribution in [0.4, 0.5) is 5.82 Å². The number of nitrogens with one attached hydrogen (secondary N) is 3. The summed E-state index contributed by atoms with van der Waals surface area (Å²) in [6.45, 7) is 6.59. The van der Waals surface area contributed by atoms with Crippen molar-refractivity contribution in [1.29, 1.82) is 0 Å². The molecule has 3 rings (SSSR count). The highest BCUT2D eigenvalue weighted by Crippen LogP contribution is 2.23. The number of unbranched alkanes of at least 4 members (excludes halogenated alkanes) is 2. The van der Waals surface area contributed by atoms with E-state index in [1.807, 2.05) is 32.0 Å². The number of nitrogens with two attached hydrogens (primary N) is 1. The molecule has 1 aromatic heterocycles. The summed E-state index contributed by atoms with van der Waals surface area (Å²) in [5, 5.41) is 25.9. The molecule has 0 aliphatic carbocycles. The fourth-order valence-corrected chi connectivity index (χ4v) is 4.61. The van der Waals surface area contributed by atoms with Crippen molar-refractivity contribution in [2.24, 2.45) is 0 Å². The molecule has 3 aromatic rings. The van der Waals surface area contributed by atoms with E-state index in [1.54, 1.807) is 35.9 Å². The monoisotopic (exact) mass is 626 g/mol. The lowest BCUT2D eigenvalue weighted by molar-refractivity contribution is -0.129. The van der Waals surface area contributed by atoms with Crippen molar-refractivity contribution >= 4 is 34.3 Å². The molecule has 1 atom stereocenters. The number of pyridine rings is 1.